The van der Waals surface area contributed by atoms with Gasteiger partial charge in [-0.05, 0) is 47.7 Å². The van der Waals surface area contributed by atoms with E-state index in [1.54, 1.807) is 11.7 Å². The summed E-state index contributed by atoms with van der Waals surface area (Å²) in [6.07, 6.45) is 6.12. The number of amidine groups is 1. The summed E-state index contributed by atoms with van der Waals surface area (Å²) in [5.41, 5.74) is 4.98. The zero-order valence-corrected chi connectivity index (χ0v) is 18.9. The van der Waals surface area contributed by atoms with E-state index in [9.17, 15) is 4.79 Å². The van der Waals surface area contributed by atoms with Crippen LogP contribution < -0.4 is 51.4 Å². The van der Waals surface area contributed by atoms with Crippen LogP contribution in [-0.2, 0) is 4.79 Å². The SMILES string of the molecule is C[N-]n1cc(Br)cc1C(=N)N1CC2CCC(C1)N2C(=O)C1CC1.[K+]. The molecule has 0 spiro atoms. The molecule has 1 aromatic rings. The second-order valence-electron chi connectivity index (χ2n) is 6.75. The Morgan fingerprint density at radius 2 is 1.88 bits per heavy atom. The number of nitrogens with one attached hydrogen (secondary N) is 1. The smallest absolute Gasteiger partial charge is 0.619 e. The number of aromatic nitrogens is 1. The van der Waals surface area contributed by atoms with Crippen LogP contribution in [-0.4, -0.2) is 58.4 Å². The number of amides is 1. The number of hydrogen-bond donors (Lipinski definition) is 1. The number of hydrogen-bond acceptors (Lipinski definition) is 2. The van der Waals surface area contributed by atoms with Crippen molar-refractivity contribution in [1.29, 1.82) is 5.41 Å². The Bertz CT molecular complexity index is 645. The van der Waals surface area contributed by atoms with Crippen molar-refractivity contribution in [3.8, 4) is 0 Å². The number of halogens is 1. The molecule has 1 amide bonds. The Kier molecular flexibility index (Phi) is 5.83. The summed E-state index contributed by atoms with van der Waals surface area (Å²) in [5.74, 6) is 1.14. The molecule has 124 valence electrons. The summed E-state index contributed by atoms with van der Waals surface area (Å²) < 4.78 is 2.66. The van der Waals surface area contributed by atoms with Gasteiger partial charge in [0.25, 0.3) is 0 Å². The number of likely N-dealkylation sites (tertiary alicyclic amines) is 1. The number of piperazine rings is 1. The van der Waals surface area contributed by atoms with E-state index >= 15 is 0 Å². The van der Waals surface area contributed by atoms with Crippen molar-refractivity contribution in [3.63, 3.8) is 0 Å². The molecule has 1 N–H and O–H groups in total. The first-order valence-electron chi connectivity index (χ1n) is 8.22. The van der Waals surface area contributed by atoms with Gasteiger partial charge < -0.3 is 19.9 Å². The number of nitrogens with zero attached hydrogens (tertiary/aromatic N) is 4. The van der Waals surface area contributed by atoms with Crippen LogP contribution in [0.1, 0.15) is 31.4 Å². The third-order valence-electron chi connectivity index (χ3n) is 5.20. The molecule has 2 saturated heterocycles. The van der Waals surface area contributed by atoms with Crippen molar-refractivity contribution in [1.82, 2.24) is 14.5 Å². The third-order valence-corrected chi connectivity index (χ3v) is 5.64. The van der Waals surface area contributed by atoms with Crippen molar-refractivity contribution in [2.45, 2.75) is 37.8 Å². The minimum absolute atomic E-state index is 0. The number of rotatable bonds is 3. The van der Waals surface area contributed by atoms with E-state index in [0.29, 0.717) is 11.7 Å². The van der Waals surface area contributed by atoms with Crippen LogP contribution in [0.3, 0.4) is 0 Å². The minimum atomic E-state index is 0. The molecule has 4 rings (SSSR count). The zero-order valence-electron chi connectivity index (χ0n) is 14.2. The largest absolute Gasteiger partial charge is 1.00 e. The molecule has 3 heterocycles. The monoisotopic (exact) mass is 417 g/mol. The standard InChI is InChI=1S/C16H21BrN5O.K/c1-19-21-7-11(17)6-14(21)15(18)20-8-12-4-5-13(9-20)22(12)16(23)10-2-3-10;/h6-7,10,12-13,18H,2-5,8-9H2,1H3;/q-1;+1. The fourth-order valence-corrected chi connectivity index (χ4v) is 4.32. The molecule has 0 aromatic carbocycles. The molecule has 6 nitrogen and oxygen atoms in total. The van der Waals surface area contributed by atoms with Gasteiger partial charge in [-0.15, -0.1) is 7.05 Å². The van der Waals surface area contributed by atoms with Crippen LogP contribution in [0.4, 0.5) is 0 Å². The quantitative estimate of drug-likeness (QED) is 0.406. The van der Waals surface area contributed by atoms with E-state index in [0.717, 1.165) is 48.9 Å². The molecule has 1 aromatic heterocycles. The molecule has 2 unspecified atom stereocenters. The fourth-order valence-electron chi connectivity index (χ4n) is 3.91. The normalized spacial score (nSPS) is 25.4. The van der Waals surface area contributed by atoms with Gasteiger partial charge in [0.1, 0.15) is 5.84 Å². The van der Waals surface area contributed by atoms with Gasteiger partial charge in [-0.2, -0.15) is 0 Å². The van der Waals surface area contributed by atoms with E-state index in [-0.39, 0.29) is 69.4 Å². The van der Waals surface area contributed by atoms with E-state index in [4.69, 9.17) is 5.41 Å². The van der Waals surface area contributed by atoms with E-state index in [1.807, 2.05) is 12.3 Å². The van der Waals surface area contributed by atoms with Gasteiger partial charge in [0.2, 0.25) is 5.91 Å². The molecule has 1 aliphatic carbocycles. The van der Waals surface area contributed by atoms with Crippen LogP contribution in [0.2, 0.25) is 0 Å². The Morgan fingerprint density at radius 3 is 2.42 bits per heavy atom. The van der Waals surface area contributed by atoms with Crippen molar-refractivity contribution in [2.24, 2.45) is 5.92 Å². The first-order chi connectivity index (χ1) is 11.1. The van der Waals surface area contributed by atoms with Crippen molar-refractivity contribution in [2.75, 3.05) is 20.1 Å². The van der Waals surface area contributed by atoms with Gasteiger partial charge in [-0.1, -0.05) is 0 Å². The molecular formula is C16H21BrKN5O. The molecule has 2 bridgehead atoms. The topological polar surface area (TPSA) is 66.4 Å². The molecule has 2 atom stereocenters. The summed E-state index contributed by atoms with van der Waals surface area (Å²) in [7, 11) is 1.72. The fraction of sp³-hybridized carbons (Fsp3) is 0.625. The molecule has 8 heteroatoms. The second kappa shape index (κ2) is 7.40. The molecule has 0 radical (unpaired) electrons. The van der Waals surface area contributed by atoms with Gasteiger partial charge in [-0.25, -0.2) is 0 Å². The van der Waals surface area contributed by atoms with E-state index in [1.165, 1.54) is 0 Å². The third kappa shape index (κ3) is 3.37. The molecule has 24 heavy (non-hydrogen) atoms. The van der Waals surface area contributed by atoms with Crippen LogP contribution in [0.25, 0.3) is 5.43 Å². The number of carbonyl (C=O) groups is 1. The van der Waals surface area contributed by atoms with Gasteiger partial charge in [0.15, 0.2) is 0 Å². The van der Waals surface area contributed by atoms with E-state index < -0.39 is 0 Å². The van der Waals surface area contributed by atoms with Gasteiger partial charge >= 0.3 is 51.4 Å². The van der Waals surface area contributed by atoms with Gasteiger partial charge in [-0.3, -0.25) is 10.2 Å². The average Bonchev–Trinajstić information content (AvgIpc) is 3.27. The Hall–Kier alpha value is 0.136. The first kappa shape index (κ1) is 18.9. The average molecular weight is 418 g/mol. The Balaban J connectivity index is 0.00000169. The predicted molar refractivity (Wildman–Crippen MR) is 91.6 cm³/mol. The summed E-state index contributed by atoms with van der Waals surface area (Å²) in [4.78, 5) is 16.8. The Morgan fingerprint density at radius 1 is 1.25 bits per heavy atom. The summed E-state index contributed by atoms with van der Waals surface area (Å²) >= 11 is 3.45. The van der Waals surface area contributed by atoms with Crippen LogP contribution >= 0.6 is 15.9 Å². The van der Waals surface area contributed by atoms with E-state index in [2.05, 4.69) is 31.2 Å². The summed E-state index contributed by atoms with van der Waals surface area (Å²) in [5, 5.41) is 8.58. The maximum absolute atomic E-state index is 12.5. The Labute approximate surface area is 193 Å². The van der Waals surface area contributed by atoms with Crippen molar-refractivity contribution in [3.05, 3.63) is 27.9 Å². The van der Waals surface area contributed by atoms with Crippen molar-refractivity contribution < 1.29 is 56.2 Å². The molecule has 3 fully saturated rings. The van der Waals surface area contributed by atoms with Crippen LogP contribution in [0, 0.1) is 11.3 Å². The molecule has 3 aliphatic rings. The molecule has 1 saturated carbocycles. The maximum atomic E-state index is 12.5. The summed E-state index contributed by atoms with van der Waals surface area (Å²) in [6.45, 7) is 1.53. The molecule has 2 aliphatic heterocycles. The number of carbonyl (C=O) groups excluding carboxylic acids is 1. The number of fused-ring (bicyclic) bond motifs is 2. The van der Waals surface area contributed by atoms with Crippen LogP contribution in [0.15, 0.2) is 16.7 Å². The summed E-state index contributed by atoms with van der Waals surface area (Å²) in [6, 6.07) is 2.47. The second-order valence-corrected chi connectivity index (χ2v) is 7.66. The maximum Gasteiger partial charge on any atom is 1.00 e. The van der Waals surface area contributed by atoms with Crippen molar-refractivity contribution >= 4 is 27.7 Å². The van der Waals surface area contributed by atoms with Crippen LogP contribution in [0.5, 0.6) is 0 Å². The molecular weight excluding hydrogens is 397 g/mol. The zero-order chi connectivity index (χ0) is 16.1. The van der Waals surface area contributed by atoms with Gasteiger partial charge in [0, 0.05) is 41.8 Å². The van der Waals surface area contributed by atoms with Gasteiger partial charge in [0.05, 0.1) is 5.69 Å². The first-order valence-corrected chi connectivity index (χ1v) is 9.02. The predicted octanol–water partition coefficient (Wildman–Crippen LogP) is -0.568. The minimum Gasteiger partial charge on any atom is -0.619 e.